The summed E-state index contributed by atoms with van der Waals surface area (Å²) in [6, 6.07) is 7.76. The third-order valence-corrected chi connectivity index (χ3v) is 5.88. The molecule has 0 bridgehead atoms. The number of ether oxygens (including phenoxy) is 2. The highest BCUT2D eigenvalue weighted by Gasteiger charge is 2.43. The SMILES string of the molecule is CCCCOc1ccccc1C1C(C(=O)OCCC)=C(C)NC2=C1C(=O)CC(C)(C)C2. The number of nitrogens with one attached hydrogen (secondary N) is 1. The lowest BCUT2D eigenvalue weighted by atomic mass is 9.68. The molecule has 0 radical (unpaired) electrons. The van der Waals surface area contributed by atoms with Crippen molar-refractivity contribution in [1.82, 2.24) is 5.32 Å². The van der Waals surface area contributed by atoms with Gasteiger partial charge in [0.15, 0.2) is 5.78 Å². The van der Waals surface area contributed by atoms with Crippen molar-refractivity contribution < 1.29 is 19.1 Å². The summed E-state index contributed by atoms with van der Waals surface area (Å²) in [5.74, 6) is -0.0484. The van der Waals surface area contributed by atoms with Crippen LogP contribution in [0.2, 0.25) is 0 Å². The van der Waals surface area contributed by atoms with E-state index in [0.717, 1.165) is 48.4 Å². The van der Waals surface area contributed by atoms with Crippen LogP contribution in [0.15, 0.2) is 46.8 Å². The third-order valence-electron chi connectivity index (χ3n) is 5.88. The maximum Gasteiger partial charge on any atom is 0.336 e. The Kier molecular flexibility index (Phi) is 7.24. The zero-order valence-electron chi connectivity index (χ0n) is 19.5. The van der Waals surface area contributed by atoms with Crippen LogP contribution in [0, 0.1) is 5.41 Å². The van der Waals surface area contributed by atoms with E-state index in [-0.39, 0.29) is 17.2 Å². The van der Waals surface area contributed by atoms with Crippen LogP contribution in [0.25, 0.3) is 0 Å². The van der Waals surface area contributed by atoms with E-state index in [2.05, 4.69) is 26.1 Å². The maximum absolute atomic E-state index is 13.4. The van der Waals surface area contributed by atoms with Crippen LogP contribution in [0.3, 0.4) is 0 Å². The first-order chi connectivity index (χ1) is 14.8. The number of hydrogen-bond acceptors (Lipinski definition) is 5. The van der Waals surface area contributed by atoms with Crippen molar-refractivity contribution in [3.05, 3.63) is 52.4 Å². The number of hydrogen-bond donors (Lipinski definition) is 1. The Balaban J connectivity index is 2.13. The molecule has 5 heteroatoms. The number of ketones is 1. The maximum atomic E-state index is 13.4. The van der Waals surface area contributed by atoms with Gasteiger partial charge in [0.2, 0.25) is 0 Å². The molecule has 0 amide bonds. The second kappa shape index (κ2) is 9.71. The van der Waals surface area contributed by atoms with E-state index in [4.69, 9.17) is 9.47 Å². The lowest BCUT2D eigenvalue weighted by Crippen LogP contribution is -2.38. The Morgan fingerprint density at radius 3 is 2.58 bits per heavy atom. The van der Waals surface area contributed by atoms with Gasteiger partial charge in [0.25, 0.3) is 0 Å². The first-order valence-corrected chi connectivity index (χ1v) is 11.4. The van der Waals surface area contributed by atoms with E-state index in [1.54, 1.807) is 0 Å². The van der Waals surface area contributed by atoms with Crippen LogP contribution in [-0.4, -0.2) is 25.0 Å². The van der Waals surface area contributed by atoms with Crippen molar-refractivity contribution in [3.8, 4) is 5.75 Å². The molecule has 2 aliphatic rings. The fourth-order valence-electron chi connectivity index (χ4n) is 4.47. The van der Waals surface area contributed by atoms with Crippen LogP contribution < -0.4 is 10.1 Å². The Morgan fingerprint density at radius 1 is 1.13 bits per heavy atom. The number of unbranched alkanes of at least 4 members (excludes halogenated alkanes) is 1. The molecule has 1 aromatic carbocycles. The van der Waals surface area contributed by atoms with Gasteiger partial charge in [-0.3, -0.25) is 4.79 Å². The van der Waals surface area contributed by atoms with Crippen LogP contribution in [0.1, 0.15) is 78.2 Å². The summed E-state index contributed by atoms with van der Waals surface area (Å²) in [6.07, 6.45) is 3.94. The number of para-hydroxylation sites is 1. The van der Waals surface area contributed by atoms with Gasteiger partial charge >= 0.3 is 5.97 Å². The van der Waals surface area contributed by atoms with E-state index in [1.807, 2.05) is 38.1 Å². The minimum absolute atomic E-state index is 0.0837. The molecule has 1 aromatic rings. The number of esters is 1. The molecule has 1 heterocycles. The zero-order valence-corrected chi connectivity index (χ0v) is 19.5. The number of dihydropyridines is 1. The molecule has 1 aliphatic carbocycles. The largest absolute Gasteiger partial charge is 0.493 e. The highest BCUT2D eigenvalue weighted by Crippen LogP contribution is 2.48. The highest BCUT2D eigenvalue weighted by molar-refractivity contribution is 6.04. The normalized spacial score (nSPS) is 20.3. The molecule has 3 rings (SSSR count). The summed E-state index contributed by atoms with van der Waals surface area (Å²) >= 11 is 0. The first kappa shape index (κ1) is 23.1. The van der Waals surface area contributed by atoms with Gasteiger partial charge in [0.1, 0.15) is 5.75 Å². The molecule has 0 saturated heterocycles. The summed E-state index contributed by atoms with van der Waals surface area (Å²) in [5.41, 5.74) is 3.58. The van der Waals surface area contributed by atoms with Crippen molar-refractivity contribution in [1.29, 1.82) is 0 Å². The van der Waals surface area contributed by atoms with Crippen molar-refractivity contribution in [2.75, 3.05) is 13.2 Å². The lowest BCUT2D eigenvalue weighted by Gasteiger charge is -2.39. The minimum Gasteiger partial charge on any atom is -0.493 e. The molecule has 0 aromatic heterocycles. The van der Waals surface area contributed by atoms with E-state index in [0.29, 0.717) is 30.8 Å². The van der Waals surface area contributed by atoms with Gasteiger partial charge in [-0.2, -0.15) is 0 Å². The van der Waals surface area contributed by atoms with E-state index < -0.39 is 5.92 Å². The molecule has 168 valence electrons. The van der Waals surface area contributed by atoms with E-state index in [9.17, 15) is 9.59 Å². The zero-order chi connectivity index (χ0) is 22.6. The minimum atomic E-state index is -0.484. The van der Waals surface area contributed by atoms with Crippen molar-refractivity contribution >= 4 is 11.8 Å². The molecule has 0 saturated carbocycles. The number of carbonyl (C=O) groups is 2. The molecule has 0 fully saturated rings. The summed E-state index contributed by atoms with van der Waals surface area (Å²) in [5, 5.41) is 3.38. The van der Waals surface area contributed by atoms with E-state index in [1.165, 1.54) is 0 Å². The lowest BCUT2D eigenvalue weighted by molar-refractivity contribution is -0.139. The summed E-state index contributed by atoms with van der Waals surface area (Å²) < 4.78 is 11.6. The quantitative estimate of drug-likeness (QED) is 0.445. The fraction of sp³-hybridized carbons (Fsp3) is 0.538. The molecule has 1 atom stereocenters. The number of Topliss-reactive ketones (excluding diaryl/α,β-unsaturated/α-hetero) is 1. The Labute approximate surface area is 185 Å². The van der Waals surface area contributed by atoms with Gasteiger partial charge in [-0.05, 0) is 37.7 Å². The second-order valence-corrected chi connectivity index (χ2v) is 9.31. The second-order valence-electron chi connectivity index (χ2n) is 9.31. The van der Waals surface area contributed by atoms with Crippen LogP contribution in [0.5, 0.6) is 5.75 Å². The highest BCUT2D eigenvalue weighted by atomic mass is 16.5. The van der Waals surface area contributed by atoms with Crippen LogP contribution >= 0.6 is 0 Å². The number of allylic oxidation sites excluding steroid dienone is 3. The van der Waals surface area contributed by atoms with E-state index >= 15 is 0 Å². The van der Waals surface area contributed by atoms with Gasteiger partial charge in [-0.1, -0.05) is 52.3 Å². The van der Waals surface area contributed by atoms with Crippen LogP contribution in [0.4, 0.5) is 0 Å². The Morgan fingerprint density at radius 2 is 1.87 bits per heavy atom. The van der Waals surface area contributed by atoms with Gasteiger partial charge in [0, 0.05) is 29.0 Å². The standard InChI is InChI=1S/C26H35NO4/c1-6-8-14-30-21-12-10-9-11-18(21)23-22(25(29)31-13-7-2)17(3)27-19-15-26(4,5)16-20(28)24(19)23/h9-12,23,27H,6-8,13-16H2,1-5H3. The van der Waals surface area contributed by atoms with Gasteiger partial charge in [-0.15, -0.1) is 0 Å². The fourth-order valence-corrected chi connectivity index (χ4v) is 4.47. The van der Waals surface area contributed by atoms with Crippen LogP contribution in [-0.2, 0) is 14.3 Å². The average molecular weight is 426 g/mol. The number of rotatable bonds is 8. The molecular formula is C26H35NO4. The average Bonchev–Trinajstić information content (AvgIpc) is 2.70. The Bertz CT molecular complexity index is 910. The molecule has 1 N–H and O–H groups in total. The predicted octanol–water partition coefficient (Wildman–Crippen LogP) is 5.42. The molecular weight excluding hydrogens is 390 g/mol. The molecule has 1 unspecified atom stereocenters. The Hall–Kier alpha value is -2.56. The molecule has 1 aliphatic heterocycles. The molecule has 31 heavy (non-hydrogen) atoms. The molecule has 0 spiro atoms. The van der Waals surface area contributed by atoms with Crippen molar-refractivity contribution in [2.24, 2.45) is 5.41 Å². The molecule has 5 nitrogen and oxygen atoms in total. The van der Waals surface area contributed by atoms with Crippen molar-refractivity contribution in [2.45, 2.75) is 72.6 Å². The predicted molar refractivity (Wildman–Crippen MR) is 122 cm³/mol. The topological polar surface area (TPSA) is 64.6 Å². The summed E-state index contributed by atoms with van der Waals surface area (Å²) in [6.45, 7) is 11.2. The third kappa shape index (κ3) is 5.03. The van der Waals surface area contributed by atoms with Gasteiger partial charge in [0.05, 0.1) is 24.7 Å². The first-order valence-electron chi connectivity index (χ1n) is 11.4. The summed E-state index contributed by atoms with van der Waals surface area (Å²) in [4.78, 5) is 26.5. The number of carbonyl (C=O) groups excluding carboxylic acids is 2. The van der Waals surface area contributed by atoms with Gasteiger partial charge < -0.3 is 14.8 Å². The smallest absolute Gasteiger partial charge is 0.336 e. The summed E-state index contributed by atoms with van der Waals surface area (Å²) in [7, 11) is 0. The monoisotopic (exact) mass is 425 g/mol. The number of benzene rings is 1. The van der Waals surface area contributed by atoms with Gasteiger partial charge in [-0.25, -0.2) is 4.79 Å². The van der Waals surface area contributed by atoms with Crippen molar-refractivity contribution in [3.63, 3.8) is 0 Å².